The summed E-state index contributed by atoms with van der Waals surface area (Å²) >= 11 is 0. The lowest BCUT2D eigenvalue weighted by Crippen LogP contribution is -1.87. The van der Waals surface area contributed by atoms with Crippen molar-refractivity contribution in [2.45, 2.75) is 0 Å². The van der Waals surface area contributed by atoms with Gasteiger partial charge in [0.2, 0.25) is 0 Å². The Morgan fingerprint density at radius 3 is 2.62 bits per heavy atom. The number of non-ortho nitro benzene ring substituents is 1. The predicted molar refractivity (Wildman–Crippen MR) is 102 cm³/mol. The maximum absolute atomic E-state index is 10.9. The summed E-state index contributed by atoms with van der Waals surface area (Å²) in [5.41, 5.74) is 1.55. The summed E-state index contributed by atoms with van der Waals surface area (Å²) in [7, 11) is 0. The van der Waals surface area contributed by atoms with Gasteiger partial charge < -0.3 is 4.42 Å². The number of fused-ring (bicyclic) bond motifs is 1. The Labute approximate surface area is 149 Å². The van der Waals surface area contributed by atoms with Crippen LogP contribution in [0, 0.1) is 10.1 Å². The van der Waals surface area contributed by atoms with E-state index >= 15 is 0 Å². The van der Waals surface area contributed by atoms with Gasteiger partial charge in [0.05, 0.1) is 16.8 Å². The molecule has 1 heterocycles. The highest BCUT2D eigenvalue weighted by Gasteiger charge is 2.09. The zero-order valence-electron chi connectivity index (χ0n) is 13.7. The minimum absolute atomic E-state index is 0.0323. The molecule has 0 amide bonds. The normalized spacial score (nSPS) is 11.2. The van der Waals surface area contributed by atoms with E-state index in [1.54, 1.807) is 30.5 Å². The van der Waals surface area contributed by atoms with E-state index in [1.165, 1.54) is 12.1 Å². The molecule has 0 fully saturated rings. The molecule has 0 radical (unpaired) electrons. The second-order valence-corrected chi connectivity index (χ2v) is 5.77. The van der Waals surface area contributed by atoms with Crippen LogP contribution < -0.4 is 0 Å². The van der Waals surface area contributed by atoms with E-state index in [-0.39, 0.29) is 5.69 Å². The Kier molecular flexibility index (Phi) is 4.03. The zero-order valence-corrected chi connectivity index (χ0v) is 13.7. The van der Waals surface area contributed by atoms with Crippen LogP contribution in [0.2, 0.25) is 0 Å². The fourth-order valence-corrected chi connectivity index (χ4v) is 2.80. The van der Waals surface area contributed by atoms with Gasteiger partial charge in [0.25, 0.3) is 5.69 Å². The number of benzene rings is 3. The standard InChI is InChI=1S/C21H14N2O3/c24-23(25)17-8-3-7-16(13-17)21-12-11-18(26-21)14-22-20-10-4-6-15-5-1-2-9-19(15)20/h1-14H. The van der Waals surface area contributed by atoms with E-state index in [1.807, 2.05) is 42.5 Å². The Bertz CT molecular complexity index is 1120. The molecule has 26 heavy (non-hydrogen) atoms. The highest BCUT2D eigenvalue weighted by atomic mass is 16.6. The molecule has 0 saturated heterocycles. The third kappa shape index (κ3) is 3.10. The topological polar surface area (TPSA) is 68.6 Å². The largest absolute Gasteiger partial charge is 0.455 e. The molecular formula is C21H14N2O3. The lowest BCUT2D eigenvalue weighted by molar-refractivity contribution is -0.384. The summed E-state index contributed by atoms with van der Waals surface area (Å²) in [4.78, 5) is 15.0. The zero-order chi connectivity index (χ0) is 17.9. The van der Waals surface area contributed by atoms with E-state index in [0.717, 1.165) is 16.5 Å². The van der Waals surface area contributed by atoms with Gasteiger partial charge in [0.1, 0.15) is 11.5 Å². The first-order valence-electron chi connectivity index (χ1n) is 8.07. The van der Waals surface area contributed by atoms with Gasteiger partial charge in [0, 0.05) is 23.1 Å². The summed E-state index contributed by atoms with van der Waals surface area (Å²) in [6.07, 6.45) is 1.66. The van der Waals surface area contributed by atoms with Crippen molar-refractivity contribution < 1.29 is 9.34 Å². The van der Waals surface area contributed by atoms with Gasteiger partial charge in [0.15, 0.2) is 0 Å². The smallest absolute Gasteiger partial charge is 0.270 e. The summed E-state index contributed by atoms with van der Waals surface area (Å²) in [6.45, 7) is 0. The van der Waals surface area contributed by atoms with Gasteiger partial charge >= 0.3 is 0 Å². The van der Waals surface area contributed by atoms with E-state index in [0.29, 0.717) is 17.1 Å². The Hall–Kier alpha value is -3.73. The van der Waals surface area contributed by atoms with Crippen molar-refractivity contribution in [1.82, 2.24) is 0 Å². The van der Waals surface area contributed by atoms with Crippen molar-refractivity contribution in [2.75, 3.05) is 0 Å². The van der Waals surface area contributed by atoms with Gasteiger partial charge in [-0.2, -0.15) is 0 Å². The van der Waals surface area contributed by atoms with Gasteiger partial charge in [-0.15, -0.1) is 0 Å². The molecule has 0 saturated carbocycles. The molecule has 0 unspecified atom stereocenters. The molecule has 126 valence electrons. The maximum Gasteiger partial charge on any atom is 0.270 e. The quantitative estimate of drug-likeness (QED) is 0.269. The van der Waals surface area contributed by atoms with Crippen molar-refractivity contribution in [2.24, 2.45) is 4.99 Å². The van der Waals surface area contributed by atoms with E-state index in [9.17, 15) is 10.1 Å². The molecule has 0 N–H and O–H groups in total. The molecule has 0 bridgehead atoms. The van der Waals surface area contributed by atoms with Crippen LogP contribution >= 0.6 is 0 Å². The predicted octanol–water partition coefficient (Wildman–Crippen LogP) is 5.76. The lowest BCUT2D eigenvalue weighted by Gasteiger charge is -2.00. The van der Waals surface area contributed by atoms with Crippen LogP contribution in [0.25, 0.3) is 22.1 Å². The van der Waals surface area contributed by atoms with Crippen LogP contribution in [0.15, 0.2) is 88.3 Å². The van der Waals surface area contributed by atoms with E-state index < -0.39 is 4.92 Å². The highest BCUT2D eigenvalue weighted by molar-refractivity contribution is 5.94. The van der Waals surface area contributed by atoms with Crippen molar-refractivity contribution in [3.8, 4) is 11.3 Å². The van der Waals surface area contributed by atoms with Crippen LogP contribution in [-0.4, -0.2) is 11.1 Å². The average molecular weight is 342 g/mol. The fraction of sp³-hybridized carbons (Fsp3) is 0. The van der Waals surface area contributed by atoms with Gasteiger partial charge in [-0.1, -0.05) is 48.5 Å². The summed E-state index contributed by atoms with van der Waals surface area (Å²) in [5.74, 6) is 1.15. The van der Waals surface area contributed by atoms with Gasteiger partial charge in [-0.05, 0) is 23.6 Å². The first-order chi connectivity index (χ1) is 12.7. The molecule has 0 aliphatic heterocycles. The monoisotopic (exact) mass is 342 g/mol. The number of hydrogen-bond donors (Lipinski definition) is 0. The van der Waals surface area contributed by atoms with Crippen molar-refractivity contribution in [3.63, 3.8) is 0 Å². The number of aliphatic imine (C=N–C) groups is 1. The van der Waals surface area contributed by atoms with Gasteiger partial charge in [-0.25, -0.2) is 0 Å². The maximum atomic E-state index is 10.9. The first kappa shape index (κ1) is 15.8. The number of nitrogens with zero attached hydrogens (tertiary/aromatic N) is 2. The van der Waals surface area contributed by atoms with Gasteiger partial charge in [-0.3, -0.25) is 15.1 Å². The van der Waals surface area contributed by atoms with Crippen molar-refractivity contribution >= 4 is 28.4 Å². The SMILES string of the molecule is O=[N+]([O-])c1cccc(-c2ccc(C=Nc3cccc4ccccc34)o2)c1. The molecule has 0 aliphatic carbocycles. The molecule has 3 aromatic carbocycles. The molecule has 0 aliphatic rings. The molecule has 0 atom stereocenters. The molecule has 5 nitrogen and oxygen atoms in total. The number of rotatable bonds is 4. The van der Waals surface area contributed by atoms with Crippen LogP contribution in [-0.2, 0) is 0 Å². The average Bonchev–Trinajstić information content (AvgIpc) is 3.15. The summed E-state index contributed by atoms with van der Waals surface area (Å²) < 4.78 is 5.77. The number of furan rings is 1. The molecule has 4 aromatic rings. The van der Waals surface area contributed by atoms with Crippen LogP contribution in [0.3, 0.4) is 0 Å². The molecule has 5 heteroatoms. The Balaban J connectivity index is 1.63. The number of hydrogen-bond acceptors (Lipinski definition) is 4. The minimum Gasteiger partial charge on any atom is -0.455 e. The summed E-state index contributed by atoms with van der Waals surface area (Å²) in [5, 5.41) is 13.1. The third-order valence-corrected chi connectivity index (χ3v) is 4.07. The van der Waals surface area contributed by atoms with Crippen molar-refractivity contribution in [3.05, 3.63) is 94.7 Å². The molecule has 0 spiro atoms. The number of nitro groups is 1. The Morgan fingerprint density at radius 1 is 0.923 bits per heavy atom. The first-order valence-corrected chi connectivity index (χ1v) is 8.07. The van der Waals surface area contributed by atoms with Crippen LogP contribution in [0.5, 0.6) is 0 Å². The minimum atomic E-state index is -0.421. The van der Waals surface area contributed by atoms with Crippen molar-refractivity contribution in [1.29, 1.82) is 0 Å². The second kappa shape index (κ2) is 6.64. The highest BCUT2D eigenvalue weighted by Crippen LogP contribution is 2.27. The number of nitro benzene ring substituents is 1. The van der Waals surface area contributed by atoms with E-state index in [4.69, 9.17) is 4.42 Å². The fourth-order valence-electron chi connectivity index (χ4n) is 2.80. The third-order valence-electron chi connectivity index (χ3n) is 4.07. The Morgan fingerprint density at radius 2 is 1.73 bits per heavy atom. The molecule has 1 aromatic heterocycles. The summed E-state index contributed by atoms with van der Waals surface area (Å²) in [6, 6.07) is 23.9. The van der Waals surface area contributed by atoms with Crippen LogP contribution in [0.1, 0.15) is 5.76 Å². The molecule has 4 rings (SSSR count). The van der Waals surface area contributed by atoms with Crippen LogP contribution in [0.4, 0.5) is 11.4 Å². The second-order valence-electron chi connectivity index (χ2n) is 5.77. The molecular weight excluding hydrogens is 328 g/mol. The lowest BCUT2D eigenvalue weighted by atomic mass is 10.1. The van der Waals surface area contributed by atoms with E-state index in [2.05, 4.69) is 4.99 Å².